The number of hydrogen-bond donors (Lipinski definition) is 1. The van der Waals surface area contributed by atoms with Crippen molar-refractivity contribution in [3.05, 3.63) is 47.0 Å². The number of carbonyl (C=O) groups excluding carboxylic acids is 1. The van der Waals surface area contributed by atoms with Gasteiger partial charge in [0.05, 0.1) is 17.0 Å². The first kappa shape index (κ1) is 17.7. The maximum atomic E-state index is 11.2. The number of carboxylic acids is 1. The Kier molecular flexibility index (Phi) is 5.73. The fraction of sp³-hybridized carbons (Fsp3) is 0.389. The van der Waals surface area contributed by atoms with E-state index in [1.165, 1.54) is 6.92 Å². The van der Waals surface area contributed by atoms with Crippen LogP contribution in [0.4, 0.5) is 0 Å². The molecule has 0 aliphatic carbocycles. The van der Waals surface area contributed by atoms with Crippen molar-refractivity contribution >= 4 is 11.9 Å². The van der Waals surface area contributed by atoms with Crippen LogP contribution in [-0.4, -0.2) is 26.6 Å². The maximum Gasteiger partial charge on any atom is 0.335 e. The minimum atomic E-state index is -0.963. The fourth-order valence-corrected chi connectivity index (χ4v) is 2.53. The van der Waals surface area contributed by atoms with Crippen LogP contribution in [0.3, 0.4) is 0 Å². The molecule has 128 valence electrons. The molecule has 0 aliphatic heterocycles. The maximum absolute atomic E-state index is 11.2. The summed E-state index contributed by atoms with van der Waals surface area (Å²) in [6, 6.07) is 6.62. The van der Waals surface area contributed by atoms with Gasteiger partial charge in [0.1, 0.15) is 12.4 Å². The van der Waals surface area contributed by atoms with E-state index in [4.69, 9.17) is 9.84 Å². The zero-order valence-corrected chi connectivity index (χ0v) is 14.2. The molecule has 0 saturated carbocycles. The first-order chi connectivity index (χ1) is 11.4. The first-order valence-corrected chi connectivity index (χ1v) is 7.98. The summed E-state index contributed by atoms with van der Waals surface area (Å²) in [5, 5.41) is 9.04. The molecule has 0 spiro atoms. The van der Waals surface area contributed by atoms with Crippen LogP contribution in [-0.2, 0) is 22.6 Å². The Bertz CT molecular complexity index is 732. The molecule has 1 N–H and O–H groups in total. The highest BCUT2D eigenvalue weighted by molar-refractivity contribution is 5.87. The van der Waals surface area contributed by atoms with Crippen molar-refractivity contribution < 1.29 is 19.4 Å². The van der Waals surface area contributed by atoms with E-state index in [1.54, 1.807) is 24.3 Å². The Morgan fingerprint density at radius 3 is 2.46 bits per heavy atom. The first-order valence-electron chi connectivity index (χ1n) is 7.98. The molecule has 0 radical (unpaired) electrons. The number of aromatic carboxylic acids is 1. The van der Waals surface area contributed by atoms with Crippen LogP contribution >= 0.6 is 0 Å². The quantitative estimate of drug-likeness (QED) is 0.788. The lowest BCUT2D eigenvalue weighted by molar-refractivity contribution is -0.142. The Balaban J connectivity index is 2.46. The minimum absolute atomic E-state index is 0.140. The summed E-state index contributed by atoms with van der Waals surface area (Å²) in [5.41, 5.74) is 2.66. The van der Waals surface area contributed by atoms with Crippen LogP contribution in [0.1, 0.15) is 54.3 Å². The molecule has 0 unspecified atom stereocenters. The number of imidazole rings is 1. The van der Waals surface area contributed by atoms with Crippen LogP contribution in [0.15, 0.2) is 24.3 Å². The van der Waals surface area contributed by atoms with Crippen molar-refractivity contribution in [2.24, 2.45) is 0 Å². The van der Waals surface area contributed by atoms with Gasteiger partial charge >= 0.3 is 11.9 Å². The highest BCUT2D eigenvalue weighted by Gasteiger charge is 2.17. The van der Waals surface area contributed by atoms with E-state index >= 15 is 0 Å². The fourth-order valence-electron chi connectivity index (χ4n) is 2.53. The van der Waals surface area contributed by atoms with Gasteiger partial charge in [-0.3, -0.25) is 9.36 Å². The van der Waals surface area contributed by atoms with Gasteiger partial charge in [0, 0.05) is 19.0 Å². The molecule has 0 amide bonds. The summed E-state index contributed by atoms with van der Waals surface area (Å²) in [5.74, 6) is -0.423. The van der Waals surface area contributed by atoms with E-state index in [2.05, 4.69) is 11.9 Å². The van der Waals surface area contributed by atoms with Gasteiger partial charge in [0.25, 0.3) is 0 Å². The van der Waals surface area contributed by atoms with Gasteiger partial charge in [-0.1, -0.05) is 13.3 Å². The predicted molar refractivity (Wildman–Crippen MR) is 89.3 cm³/mol. The number of hydrogen-bond acceptors (Lipinski definition) is 4. The van der Waals surface area contributed by atoms with E-state index in [9.17, 15) is 9.59 Å². The monoisotopic (exact) mass is 330 g/mol. The average molecular weight is 330 g/mol. The molecular formula is C18H22N2O4. The van der Waals surface area contributed by atoms with E-state index in [0.717, 1.165) is 42.2 Å². The molecule has 1 heterocycles. The van der Waals surface area contributed by atoms with Gasteiger partial charge in [-0.25, -0.2) is 9.78 Å². The SMILES string of the molecule is CCCCc1nc(C)c(COC(C)=O)n1-c1ccc(C(=O)O)cc1. The largest absolute Gasteiger partial charge is 0.478 e. The van der Waals surface area contributed by atoms with Crippen molar-refractivity contribution in [3.63, 3.8) is 0 Å². The standard InChI is InChI=1S/C18H22N2O4/c1-4-5-6-17-19-12(2)16(11-24-13(3)21)20(17)15-9-7-14(8-10-15)18(22)23/h7-10H,4-6,11H2,1-3H3,(H,22,23). The molecule has 1 aromatic heterocycles. The summed E-state index contributed by atoms with van der Waals surface area (Å²) < 4.78 is 7.11. The molecule has 0 atom stereocenters. The van der Waals surface area contributed by atoms with E-state index in [-0.39, 0.29) is 18.1 Å². The third-order valence-corrected chi connectivity index (χ3v) is 3.78. The number of aryl methyl sites for hydroxylation is 2. The van der Waals surface area contributed by atoms with Crippen LogP contribution in [0.25, 0.3) is 5.69 Å². The smallest absolute Gasteiger partial charge is 0.335 e. The Hall–Kier alpha value is -2.63. The highest BCUT2D eigenvalue weighted by atomic mass is 16.5. The summed E-state index contributed by atoms with van der Waals surface area (Å²) in [6.07, 6.45) is 2.85. The van der Waals surface area contributed by atoms with Crippen LogP contribution < -0.4 is 0 Å². The lowest BCUT2D eigenvalue weighted by Crippen LogP contribution is -2.09. The second-order valence-electron chi connectivity index (χ2n) is 5.63. The lowest BCUT2D eigenvalue weighted by atomic mass is 10.2. The van der Waals surface area contributed by atoms with Crippen LogP contribution in [0, 0.1) is 6.92 Å². The van der Waals surface area contributed by atoms with E-state index < -0.39 is 5.97 Å². The van der Waals surface area contributed by atoms with Crippen molar-refractivity contribution in [1.29, 1.82) is 0 Å². The highest BCUT2D eigenvalue weighted by Crippen LogP contribution is 2.21. The second-order valence-corrected chi connectivity index (χ2v) is 5.63. The van der Waals surface area contributed by atoms with Gasteiger partial charge in [-0.2, -0.15) is 0 Å². The normalized spacial score (nSPS) is 10.6. The van der Waals surface area contributed by atoms with E-state index in [0.29, 0.717) is 0 Å². The number of rotatable bonds is 7. The van der Waals surface area contributed by atoms with Crippen molar-refractivity contribution in [3.8, 4) is 5.69 Å². The zero-order chi connectivity index (χ0) is 17.7. The van der Waals surface area contributed by atoms with Gasteiger partial charge < -0.3 is 9.84 Å². The molecule has 24 heavy (non-hydrogen) atoms. The molecule has 6 nitrogen and oxygen atoms in total. The molecular weight excluding hydrogens is 308 g/mol. The van der Waals surface area contributed by atoms with E-state index in [1.807, 2.05) is 11.5 Å². The van der Waals surface area contributed by atoms with Crippen molar-refractivity contribution in [2.75, 3.05) is 0 Å². The third kappa shape index (κ3) is 4.01. The number of carbonyl (C=O) groups is 2. The molecule has 0 aliphatic rings. The number of nitrogens with zero attached hydrogens (tertiary/aromatic N) is 2. The summed E-state index contributed by atoms with van der Waals surface area (Å²) in [7, 11) is 0. The molecule has 0 saturated heterocycles. The lowest BCUT2D eigenvalue weighted by Gasteiger charge is -2.13. The number of carboxylic acid groups (broad SMARTS) is 1. The van der Waals surface area contributed by atoms with Gasteiger partial charge in [0.2, 0.25) is 0 Å². The Morgan fingerprint density at radius 1 is 1.25 bits per heavy atom. The molecule has 2 aromatic rings. The second kappa shape index (κ2) is 7.77. The minimum Gasteiger partial charge on any atom is -0.478 e. The molecule has 1 aromatic carbocycles. The molecule has 2 rings (SSSR count). The summed E-state index contributed by atoms with van der Waals surface area (Å²) >= 11 is 0. The number of esters is 1. The zero-order valence-electron chi connectivity index (χ0n) is 14.2. The third-order valence-electron chi connectivity index (χ3n) is 3.78. The van der Waals surface area contributed by atoms with Crippen molar-refractivity contribution in [1.82, 2.24) is 9.55 Å². The summed E-state index contributed by atoms with van der Waals surface area (Å²) in [6.45, 7) is 5.51. The van der Waals surface area contributed by atoms with Crippen LogP contribution in [0.5, 0.6) is 0 Å². The summed E-state index contributed by atoms with van der Waals surface area (Å²) in [4.78, 5) is 26.8. The molecule has 6 heteroatoms. The van der Waals surface area contributed by atoms with Crippen molar-refractivity contribution in [2.45, 2.75) is 46.6 Å². The predicted octanol–water partition coefficient (Wildman–Crippen LogP) is 3.28. The number of benzene rings is 1. The topological polar surface area (TPSA) is 81.4 Å². The Labute approximate surface area is 141 Å². The molecule has 0 fully saturated rings. The van der Waals surface area contributed by atoms with Crippen LogP contribution in [0.2, 0.25) is 0 Å². The van der Waals surface area contributed by atoms with Gasteiger partial charge in [0.15, 0.2) is 0 Å². The average Bonchev–Trinajstić information content (AvgIpc) is 2.86. The number of unbranched alkanes of at least 4 members (excludes halogenated alkanes) is 1. The van der Waals surface area contributed by atoms with Gasteiger partial charge in [-0.15, -0.1) is 0 Å². The number of aromatic nitrogens is 2. The number of ether oxygens (including phenoxy) is 1. The van der Waals surface area contributed by atoms with Gasteiger partial charge in [-0.05, 0) is 37.6 Å². The Morgan fingerprint density at radius 2 is 1.92 bits per heavy atom. The molecule has 0 bridgehead atoms.